The fraction of sp³-hybridized carbons (Fsp3) is 0.429. The van der Waals surface area contributed by atoms with Gasteiger partial charge in [-0.2, -0.15) is 0 Å². The van der Waals surface area contributed by atoms with Crippen LogP contribution in [-0.4, -0.2) is 48.4 Å². The van der Waals surface area contributed by atoms with Crippen LogP contribution in [0, 0.1) is 0 Å². The Hall–Kier alpha value is -1.79. The van der Waals surface area contributed by atoms with Crippen LogP contribution in [0.5, 0.6) is 11.5 Å². The average molecular weight is 313 g/mol. The second-order valence-corrected chi connectivity index (χ2v) is 5.08. The minimum atomic E-state index is -0.718. The summed E-state index contributed by atoms with van der Waals surface area (Å²) in [4.78, 5) is 25.2. The minimum Gasteiger partial charge on any atom is -0.493 e. The lowest BCUT2D eigenvalue weighted by Crippen LogP contribution is -2.50. The van der Waals surface area contributed by atoms with E-state index in [4.69, 9.17) is 21.3 Å². The van der Waals surface area contributed by atoms with Gasteiger partial charge in [-0.05, 0) is 29.5 Å². The first-order valence-corrected chi connectivity index (χ1v) is 6.79. The van der Waals surface area contributed by atoms with Crippen molar-refractivity contribution in [2.24, 2.45) is 0 Å². The molecule has 1 saturated heterocycles. The van der Waals surface area contributed by atoms with Crippen molar-refractivity contribution in [1.82, 2.24) is 9.32 Å². The van der Waals surface area contributed by atoms with Crippen LogP contribution < -0.4 is 9.47 Å². The molecule has 114 valence electrons. The van der Waals surface area contributed by atoms with E-state index < -0.39 is 6.04 Å². The Labute approximate surface area is 128 Å². The molecule has 1 unspecified atom stereocenters. The Morgan fingerprint density at radius 1 is 1.24 bits per heavy atom. The van der Waals surface area contributed by atoms with Crippen LogP contribution in [0.3, 0.4) is 0 Å². The highest BCUT2D eigenvalue weighted by Crippen LogP contribution is 2.34. The molecule has 2 amide bonds. The molecular weight excluding hydrogens is 296 g/mol. The van der Waals surface area contributed by atoms with E-state index >= 15 is 0 Å². The lowest BCUT2D eigenvalue weighted by molar-refractivity contribution is -0.149. The fourth-order valence-electron chi connectivity index (χ4n) is 2.34. The largest absolute Gasteiger partial charge is 0.493 e. The number of nitrogens with zero attached hydrogens (tertiary/aromatic N) is 2. The van der Waals surface area contributed by atoms with Crippen molar-refractivity contribution in [3.05, 3.63) is 23.8 Å². The van der Waals surface area contributed by atoms with Crippen molar-refractivity contribution >= 4 is 23.6 Å². The maximum atomic E-state index is 12.4. The predicted molar refractivity (Wildman–Crippen MR) is 77.2 cm³/mol. The Kier molecular flexibility index (Phi) is 4.69. The summed E-state index contributed by atoms with van der Waals surface area (Å²) in [6.07, 6.45) is 0. The molecule has 0 aliphatic carbocycles. The highest BCUT2D eigenvalue weighted by molar-refractivity contribution is 6.16. The molecule has 1 aliphatic heterocycles. The summed E-state index contributed by atoms with van der Waals surface area (Å²) in [5.74, 6) is 0.452. The molecule has 2 rings (SSSR count). The van der Waals surface area contributed by atoms with E-state index in [9.17, 15) is 9.59 Å². The second kappa shape index (κ2) is 6.32. The molecule has 21 heavy (non-hydrogen) atoms. The topological polar surface area (TPSA) is 59.1 Å². The van der Waals surface area contributed by atoms with Crippen LogP contribution in [0.1, 0.15) is 18.5 Å². The van der Waals surface area contributed by atoms with Gasteiger partial charge in [-0.1, -0.05) is 6.07 Å². The fourth-order valence-corrected chi connectivity index (χ4v) is 2.61. The first-order valence-electron chi connectivity index (χ1n) is 6.46. The third kappa shape index (κ3) is 2.96. The van der Waals surface area contributed by atoms with E-state index in [-0.39, 0.29) is 11.8 Å². The number of rotatable bonds is 3. The Morgan fingerprint density at radius 2 is 1.90 bits per heavy atom. The zero-order valence-corrected chi connectivity index (χ0v) is 12.9. The molecule has 6 nitrogen and oxygen atoms in total. The van der Waals surface area contributed by atoms with Gasteiger partial charge in [-0.15, -0.1) is 0 Å². The SMILES string of the molecule is COc1ccc(C2C(=O)N(C(C)=O)CCN2Cl)cc1OC. The molecule has 1 aromatic carbocycles. The van der Waals surface area contributed by atoms with Gasteiger partial charge in [0, 0.05) is 20.0 Å². The second-order valence-electron chi connectivity index (χ2n) is 4.65. The molecule has 0 radical (unpaired) electrons. The molecule has 0 aromatic heterocycles. The quantitative estimate of drug-likeness (QED) is 0.793. The number of hydrogen-bond donors (Lipinski definition) is 0. The lowest BCUT2D eigenvalue weighted by Gasteiger charge is -2.35. The van der Waals surface area contributed by atoms with Gasteiger partial charge in [0.15, 0.2) is 11.5 Å². The Balaban J connectivity index is 2.38. The molecule has 0 saturated carbocycles. The van der Waals surface area contributed by atoms with Gasteiger partial charge in [0.25, 0.3) is 5.91 Å². The normalized spacial score (nSPS) is 19.5. The summed E-state index contributed by atoms with van der Waals surface area (Å²) in [5.41, 5.74) is 0.651. The zero-order valence-electron chi connectivity index (χ0n) is 12.1. The first-order chi connectivity index (χ1) is 9.99. The van der Waals surface area contributed by atoms with Crippen molar-refractivity contribution in [3.63, 3.8) is 0 Å². The molecule has 0 N–H and O–H groups in total. The summed E-state index contributed by atoms with van der Waals surface area (Å²) >= 11 is 6.15. The highest BCUT2D eigenvalue weighted by Gasteiger charge is 2.37. The first kappa shape index (κ1) is 15.6. The van der Waals surface area contributed by atoms with Crippen LogP contribution in [0.25, 0.3) is 0 Å². The molecule has 1 aromatic rings. The van der Waals surface area contributed by atoms with E-state index in [1.54, 1.807) is 18.2 Å². The smallest absolute Gasteiger partial charge is 0.252 e. The van der Waals surface area contributed by atoms with Gasteiger partial charge < -0.3 is 9.47 Å². The molecule has 1 atom stereocenters. The number of benzene rings is 1. The number of methoxy groups -OCH3 is 2. The van der Waals surface area contributed by atoms with Crippen LogP contribution in [0.2, 0.25) is 0 Å². The van der Waals surface area contributed by atoms with E-state index in [0.717, 1.165) is 0 Å². The molecule has 0 bridgehead atoms. The molecule has 0 spiro atoms. The summed E-state index contributed by atoms with van der Waals surface area (Å²) in [7, 11) is 3.05. The summed E-state index contributed by atoms with van der Waals surface area (Å²) in [6.45, 7) is 2.07. The summed E-state index contributed by atoms with van der Waals surface area (Å²) in [5, 5.41) is 0. The van der Waals surface area contributed by atoms with Crippen LogP contribution >= 0.6 is 11.8 Å². The van der Waals surface area contributed by atoms with Gasteiger partial charge in [0.05, 0.1) is 14.2 Å². The van der Waals surface area contributed by atoms with E-state index in [2.05, 4.69) is 0 Å². The lowest BCUT2D eigenvalue weighted by atomic mass is 10.0. The highest BCUT2D eigenvalue weighted by atomic mass is 35.5. The zero-order chi connectivity index (χ0) is 15.6. The Morgan fingerprint density at radius 3 is 2.48 bits per heavy atom. The molecule has 1 aliphatic rings. The maximum Gasteiger partial charge on any atom is 0.252 e. The third-order valence-electron chi connectivity index (χ3n) is 3.42. The number of halogens is 1. The summed E-state index contributed by atoms with van der Waals surface area (Å²) < 4.78 is 11.8. The number of hydrogen-bond acceptors (Lipinski definition) is 5. The average Bonchev–Trinajstić information content (AvgIpc) is 2.46. The number of imide groups is 1. The van der Waals surface area contributed by atoms with E-state index in [1.165, 1.54) is 30.5 Å². The predicted octanol–water partition coefficient (Wildman–Crippen LogP) is 1.59. The van der Waals surface area contributed by atoms with Gasteiger partial charge in [0.2, 0.25) is 5.91 Å². The van der Waals surface area contributed by atoms with E-state index in [0.29, 0.717) is 30.2 Å². The van der Waals surface area contributed by atoms with Crippen molar-refractivity contribution in [1.29, 1.82) is 0 Å². The maximum absolute atomic E-state index is 12.4. The number of amides is 2. The van der Waals surface area contributed by atoms with Crippen molar-refractivity contribution in [2.45, 2.75) is 13.0 Å². The van der Waals surface area contributed by atoms with Gasteiger partial charge in [-0.3, -0.25) is 14.5 Å². The van der Waals surface area contributed by atoms with Crippen LogP contribution in [0.15, 0.2) is 18.2 Å². The number of carbonyl (C=O) groups is 2. The summed E-state index contributed by atoms with van der Waals surface area (Å²) in [6, 6.07) is 4.42. The molecular formula is C14H17ClN2O4. The molecule has 1 fully saturated rings. The third-order valence-corrected chi connectivity index (χ3v) is 3.78. The minimum absolute atomic E-state index is 0.282. The van der Waals surface area contributed by atoms with Crippen molar-refractivity contribution < 1.29 is 19.1 Å². The van der Waals surface area contributed by atoms with Crippen molar-refractivity contribution in [2.75, 3.05) is 27.3 Å². The monoisotopic (exact) mass is 312 g/mol. The van der Waals surface area contributed by atoms with Crippen molar-refractivity contribution in [3.8, 4) is 11.5 Å². The number of ether oxygens (including phenoxy) is 2. The van der Waals surface area contributed by atoms with Crippen LogP contribution in [0.4, 0.5) is 0 Å². The van der Waals surface area contributed by atoms with E-state index in [1.807, 2.05) is 0 Å². The van der Waals surface area contributed by atoms with Gasteiger partial charge in [-0.25, -0.2) is 4.42 Å². The number of piperazine rings is 1. The van der Waals surface area contributed by atoms with Gasteiger partial charge >= 0.3 is 0 Å². The van der Waals surface area contributed by atoms with Crippen LogP contribution in [-0.2, 0) is 9.59 Å². The number of carbonyl (C=O) groups excluding carboxylic acids is 2. The van der Waals surface area contributed by atoms with Gasteiger partial charge in [0.1, 0.15) is 6.04 Å². The standard InChI is InChI=1S/C14H17ClN2O4/c1-9(18)16-6-7-17(15)13(14(16)19)10-4-5-11(20-2)12(8-10)21-3/h4-5,8,13H,6-7H2,1-3H3. The molecule has 1 heterocycles. The Bertz CT molecular complexity index is 564. The molecule has 7 heteroatoms.